The van der Waals surface area contributed by atoms with Gasteiger partial charge in [-0.25, -0.2) is 0 Å². The molecule has 0 aliphatic carbocycles. The van der Waals surface area contributed by atoms with E-state index in [-0.39, 0.29) is 11.9 Å². The maximum Gasteiger partial charge on any atom is 0.261 e. The third-order valence-electron chi connectivity index (χ3n) is 1.54. The minimum Gasteiger partial charge on any atom is -0.348 e. The molecule has 72 valence electrons. The molecular weight excluding hydrogens is 202 g/mol. The molecule has 1 unspecified atom stereocenters. The van der Waals surface area contributed by atoms with Crippen LogP contribution >= 0.6 is 23.1 Å². The molecule has 1 rings (SSSR count). The van der Waals surface area contributed by atoms with Gasteiger partial charge in [-0.15, -0.1) is 11.3 Å². The number of thioether (sulfide) groups is 1. The second kappa shape index (κ2) is 5.29. The van der Waals surface area contributed by atoms with Gasteiger partial charge in [-0.1, -0.05) is 6.07 Å². The highest BCUT2D eigenvalue weighted by Gasteiger charge is 2.09. The lowest BCUT2D eigenvalue weighted by atomic mass is 10.3. The minimum absolute atomic E-state index is 0.0385. The molecule has 0 saturated carbocycles. The first-order valence-corrected chi connectivity index (χ1v) is 6.34. The van der Waals surface area contributed by atoms with Gasteiger partial charge in [-0.2, -0.15) is 11.8 Å². The van der Waals surface area contributed by atoms with E-state index in [4.69, 9.17) is 0 Å². The van der Waals surface area contributed by atoms with Crippen LogP contribution in [-0.2, 0) is 0 Å². The Morgan fingerprint density at radius 3 is 3.08 bits per heavy atom. The fraction of sp³-hybridized carbons (Fsp3) is 0.444. The maximum atomic E-state index is 11.5. The lowest BCUT2D eigenvalue weighted by molar-refractivity contribution is 0.0948. The zero-order chi connectivity index (χ0) is 9.68. The van der Waals surface area contributed by atoms with Gasteiger partial charge in [0.1, 0.15) is 0 Å². The van der Waals surface area contributed by atoms with Crippen LogP contribution in [-0.4, -0.2) is 24.0 Å². The fourth-order valence-electron chi connectivity index (χ4n) is 0.994. The number of hydrogen-bond donors (Lipinski definition) is 1. The molecule has 0 aromatic carbocycles. The normalized spacial score (nSPS) is 12.5. The Balaban J connectivity index is 2.42. The first-order chi connectivity index (χ1) is 6.24. The molecule has 1 amide bonds. The molecule has 1 atom stereocenters. The van der Waals surface area contributed by atoms with E-state index in [9.17, 15) is 4.79 Å². The van der Waals surface area contributed by atoms with Gasteiger partial charge in [0.05, 0.1) is 4.88 Å². The summed E-state index contributed by atoms with van der Waals surface area (Å²) >= 11 is 3.21. The summed E-state index contributed by atoms with van der Waals surface area (Å²) in [6, 6.07) is 3.97. The van der Waals surface area contributed by atoms with Gasteiger partial charge < -0.3 is 5.32 Å². The van der Waals surface area contributed by atoms with Crippen molar-refractivity contribution in [1.29, 1.82) is 0 Å². The largest absolute Gasteiger partial charge is 0.348 e. The standard InChI is InChI=1S/C9H13NOS2/c1-7(6-12-2)10-9(11)8-4-3-5-13-8/h3-5,7H,6H2,1-2H3,(H,10,11). The molecular formula is C9H13NOS2. The van der Waals surface area contributed by atoms with Crippen molar-refractivity contribution in [3.63, 3.8) is 0 Å². The molecule has 1 N–H and O–H groups in total. The van der Waals surface area contributed by atoms with Crippen molar-refractivity contribution in [3.05, 3.63) is 22.4 Å². The van der Waals surface area contributed by atoms with E-state index in [0.29, 0.717) is 0 Å². The number of rotatable bonds is 4. The van der Waals surface area contributed by atoms with Gasteiger partial charge in [0.15, 0.2) is 0 Å². The van der Waals surface area contributed by atoms with Gasteiger partial charge in [0.2, 0.25) is 0 Å². The van der Waals surface area contributed by atoms with Crippen LogP contribution in [0, 0.1) is 0 Å². The molecule has 1 aromatic rings. The van der Waals surface area contributed by atoms with E-state index in [1.54, 1.807) is 11.8 Å². The van der Waals surface area contributed by atoms with E-state index in [1.807, 2.05) is 30.7 Å². The molecule has 0 fully saturated rings. The van der Waals surface area contributed by atoms with Crippen LogP contribution in [0.15, 0.2) is 17.5 Å². The van der Waals surface area contributed by atoms with Crippen molar-refractivity contribution in [3.8, 4) is 0 Å². The lowest BCUT2D eigenvalue weighted by Crippen LogP contribution is -2.33. The average Bonchev–Trinajstić information content (AvgIpc) is 2.55. The zero-order valence-electron chi connectivity index (χ0n) is 7.74. The van der Waals surface area contributed by atoms with Gasteiger partial charge in [0.25, 0.3) is 5.91 Å². The van der Waals surface area contributed by atoms with Gasteiger partial charge in [0, 0.05) is 11.8 Å². The highest BCUT2D eigenvalue weighted by molar-refractivity contribution is 7.98. The smallest absolute Gasteiger partial charge is 0.261 e. The SMILES string of the molecule is CSCC(C)NC(=O)c1cccs1. The van der Waals surface area contributed by atoms with Crippen LogP contribution in [0.5, 0.6) is 0 Å². The predicted molar refractivity (Wildman–Crippen MR) is 59.6 cm³/mol. The van der Waals surface area contributed by atoms with Crippen molar-refractivity contribution < 1.29 is 4.79 Å². The van der Waals surface area contributed by atoms with E-state index in [1.165, 1.54) is 11.3 Å². The van der Waals surface area contributed by atoms with Crippen molar-refractivity contribution in [2.24, 2.45) is 0 Å². The van der Waals surface area contributed by atoms with Crippen molar-refractivity contribution in [2.45, 2.75) is 13.0 Å². The van der Waals surface area contributed by atoms with Crippen molar-refractivity contribution in [2.75, 3.05) is 12.0 Å². The van der Waals surface area contributed by atoms with Crippen LogP contribution in [0.4, 0.5) is 0 Å². The van der Waals surface area contributed by atoms with Crippen LogP contribution in [0.1, 0.15) is 16.6 Å². The monoisotopic (exact) mass is 215 g/mol. The van der Waals surface area contributed by atoms with Crippen LogP contribution < -0.4 is 5.32 Å². The molecule has 1 heterocycles. The first-order valence-electron chi connectivity index (χ1n) is 4.07. The maximum absolute atomic E-state index is 11.5. The van der Waals surface area contributed by atoms with Gasteiger partial charge in [-0.3, -0.25) is 4.79 Å². The molecule has 1 aromatic heterocycles. The van der Waals surface area contributed by atoms with E-state index in [2.05, 4.69) is 5.32 Å². The summed E-state index contributed by atoms with van der Waals surface area (Å²) in [4.78, 5) is 12.3. The molecule has 0 aliphatic heterocycles. The summed E-state index contributed by atoms with van der Waals surface area (Å²) in [5.41, 5.74) is 0. The third-order valence-corrected chi connectivity index (χ3v) is 3.24. The topological polar surface area (TPSA) is 29.1 Å². The molecule has 4 heteroatoms. The first kappa shape index (κ1) is 10.6. The average molecular weight is 215 g/mol. The van der Waals surface area contributed by atoms with Crippen molar-refractivity contribution in [1.82, 2.24) is 5.32 Å². The molecule has 0 aliphatic rings. The number of hydrogen-bond acceptors (Lipinski definition) is 3. The molecule has 2 nitrogen and oxygen atoms in total. The van der Waals surface area contributed by atoms with Crippen molar-refractivity contribution >= 4 is 29.0 Å². The van der Waals surface area contributed by atoms with Gasteiger partial charge in [-0.05, 0) is 24.6 Å². The highest BCUT2D eigenvalue weighted by Crippen LogP contribution is 2.08. The van der Waals surface area contributed by atoms with E-state index in [0.717, 1.165) is 10.6 Å². The minimum atomic E-state index is 0.0385. The second-order valence-electron chi connectivity index (χ2n) is 2.81. The Morgan fingerprint density at radius 2 is 2.54 bits per heavy atom. The summed E-state index contributed by atoms with van der Waals surface area (Å²) in [5.74, 6) is 0.994. The molecule has 0 spiro atoms. The summed E-state index contributed by atoms with van der Waals surface area (Å²) in [7, 11) is 0. The number of thiophene rings is 1. The number of carbonyl (C=O) groups is 1. The second-order valence-corrected chi connectivity index (χ2v) is 4.67. The van der Waals surface area contributed by atoms with Crippen LogP contribution in [0.25, 0.3) is 0 Å². The Labute approximate surface area is 86.7 Å². The fourth-order valence-corrected chi connectivity index (χ4v) is 2.20. The molecule has 13 heavy (non-hydrogen) atoms. The summed E-state index contributed by atoms with van der Waals surface area (Å²) in [6.45, 7) is 2.02. The summed E-state index contributed by atoms with van der Waals surface area (Å²) in [5, 5.41) is 4.84. The van der Waals surface area contributed by atoms with E-state index < -0.39 is 0 Å². The van der Waals surface area contributed by atoms with Gasteiger partial charge >= 0.3 is 0 Å². The molecule has 0 bridgehead atoms. The van der Waals surface area contributed by atoms with Crippen LogP contribution in [0.2, 0.25) is 0 Å². The number of carbonyl (C=O) groups excluding carboxylic acids is 1. The Hall–Kier alpha value is -0.480. The molecule has 0 radical (unpaired) electrons. The lowest BCUT2D eigenvalue weighted by Gasteiger charge is -2.10. The van der Waals surface area contributed by atoms with Crippen LogP contribution in [0.3, 0.4) is 0 Å². The highest BCUT2D eigenvalue weighted by atomic mass is 32.2. The number of amides is 1. The predicted octanol–water partition coefficient (Wildman–Crippen LogP) is 2.23. The Bertz CT molecular complexity index is 259. The zero-order valence-corrected chi connectivity index (χ0v) is 9.37. The summed E-state index contributed by atoms with van der Waals surface area (Å²) < 4.78 is 0. The molecule has 0 saturated heterocycles. The number of nitrogens with one attached hydrogen (secondary N) is 1. The summed E-state index contributed by atoms with van der Waals surface area (Å²) in [6.07, 6.45) is 2.04. The Kier molecular flexibility index (Phi) is 4.32. The Morgan fingerprint density at radius 1 is 1.77 bits per heavy atom. The quantitative estimate of drug-likeness (QED) is 0.834. The van der Waals surface area contributed by atoms with E-state index >= 15 is 0 Å². The third kappa shape index (κ3) is 3.40.